The quantitative estimate of drug-likeness (QED) is 0.0207. The number of aliphatic carboxylic acids is 9. The maximum Gasteiger partial charge on any atom is 0.320 e. The van der Waals surface area contributed by atoms with Gasteiger partial charge in [-0.3, -0.25) is 58.1 Å². The molecule has 0 aromatic rings. The van der Waals surface area contributed by atoms with Crippen LogP contribution < -0.4 is 68.8 Å². The van der Waals surface area contributed by atoms with Crippen LogP contribution in [0.5, 0.6) is 0 Å². The van der Waals surface area contributed by atoms with Gasteiger partial charge in [-0.05, 0) is 57.8 Å². The fourth-order valence-electron chi connectivity index (χ4n) is 3.14. The molecule has 0 aliphatic heterocycles. The van der Waals surface area contributed by atoms with Crippen molar-refractivity contribution in [3.8, 4) is 0 Å². The first-order valence-corrected chi connectivity index (χ1v) is 18.9. The first-order valence-electron chi connectivity index (χ1n) is 18.9. The topological polar surface area (TPSA) is 685 Å². The number of carboxylic acids is 9. The summed E-state index contributed by atoms with van der Waals surface area (Å²) < 4.78 is 0. The molecule has 0 saturated carbocycles. The van der Waals surface area contributed by atoms with E-state index in [9.17, 15) is 43.2 Å². The summed E-state index contributed by atoms with van der Waals surface area (Å²) in [5.41, 5.74) is 61.0. The minimum atomic E-state index is -1.17. The zero-order valence-corrected chi connectivity index (χ0v) is 36.0. The molecule has 384 valence electrons. The predicted molar refractivity (Wildman–Crippen MR) is 234 cm³/mol. The molecule has 0 aliphatic carbocycles. The highest BCUT2D eigenvalue weighted by Gasteiger charge is 2.15. The molecule has 0 rings (SSSR count). The molecule has 0 aromatic heterocycles. The third-order valence-electron chi connectivity index (χ3n) is 6.81. The minimum Gasteiger partial charge on any atom is -0.481 e. The molecule has 0 aliphatic rings. The molecule has 0 amide bonds. The number of nitrogens with zero attached hydrogens (tertiary/aromatic N) is 3. The lowest BCUT2D eigenvalue weighted by molar-refractivity contribution is -0.141. The molecule has 6 atom stereocenters. The minimum absolute atomic E-state index is 0.0129. The molecule has 0 heterocycles. The Morgan fingerprint density at radius 1 is 0.303 bits per heavy atom. The number of rotatable bonds is 27. The van der Waals surface area contributed by atoms with Gasteiger partial charge in [-0.1, -0.05) is 0 Å². The number of carboxylic acid groups (broad SMARTS) is 9. The smallest absolute Gasteiger partial charge is 0.320 e. The summed E-state index contributed by atoms with van der Waals surface area (Å²) in [6, 6.07) is -5.64. The van der Waals surface area contributed by atoms with Gasteiger partial charge in [0.1, 0.15) is 36.3 Å². The van der Waals surface area contributed by atoms with Gasteiger partial charge in [-0.2, -0.15) is 0 Å². The first kappa shape index (κ1) is 70.5. The third-order valence-corrected chi connectivity index (χ3v) is 6.81. The van der Waals surface area contributed by atoms with Crippen molar-refractivity contribution >= 4 is 71.6 Å². The van der Waals surface area contributed by atoms with Crippen LogP contribution in [0.1, 0.15) is 77.0 Å². The van der Waals surface area contributed by atoms with Crippen molar-refractivity contribution in [1.29, 1.82) is 0 Å². The van der Waals surface area contributed by atoms with E-state index in [0.29, 0.717) is 58.2 Å². The van der Waals surface area contributed by atoms with E-state index in [0.717, 1.165) is 0 Å². The molecule has 0 aromatic carbocycles. The van der Waals surface area contributed by atoms with E-state index < -0.39 is 90.0 Å². The lowest BCUT2D eigenvalue weighted by Gasteiger charge is -2.03. The van der Waals surface area contributed by atoms with Crippen LogP contribution >= 0.6 is 0 Å². The Morgan fingerprint density at radius 2 is 0.455 bits per heavy atom. The molecule has 0 bridgehead atoms. The van der Waals surface area contributed by atoms with Gasteiger partial charge < -0.3 is 115 Å². The molecule has 0 saturated heterocycles. The second-order valence-corrected chi connectivity index (χ2v) is 12.8. The molecular weight excluding hydrogens is 894 g/mol. The van der Waals surface area contributed by atoms with Crippen molar-refractivity contribution < 1.29 is 89.1 Å². The Bertz CT molecular complexity index is 1370. The molecule has 33 heteroatoms. The average molecular weight is 964 g/mol. The molecule has 33 N–H and O–H groups in total. The zero-order valence-electron chi connectivity index (χ0n) is 36.0. The molecule has 0 unspecified atom stereocenters. The van der Waals surface area contributed by atoms with E-state index in [1.54, 1.807) is 0 Å². The van der Waals surface area contributed by atoms with Crippen LogP contribution in [0.4, 0.5) is 0 Å². The van der Waals surface area contributed by atoms with E-state index in [1.807, 2.05) is 0 Å². The Labute approximate surface area is 377 Å². The summed E-state index contributed by atoms with van der Waals surface area (Å²) in [6.45, 7) is 1.26. The van der Waals surface area contributed by atoms with Gasteiger partial charge in [-0.25, -0.2) is 0 Å². The summed E-state index contributed by atoms with van der Waals surface area (Å²) in [4.78, 5) is 101. The van der Waals surface area contributed by atoms with E-state index >= 15 is 0 Å². The Balaban J connectivity index is -0.000000164. The van der Waals surface area contributed by atoms with Crippen LogP contribution in [0.15, 0.2) is 15.0 Å². The third kappa shape index (κ3) is 63.4. The van der Waals surface area contributed by atoms with Crippen molar-refractivity contribution in [2.75, 3.05) is 19.6 Å². The van der Waals surface area contributed by atoms with Crippen molar-refractivity contribution in [1.82, 2.24) is 0 Å². The standard InChI is InChI=1S/3C6H14N4O2.3C5H9NO4/c3*7-4(5(11)12)2-1-3-10-6(8)9;3*6-3(5(9)10)1-2-4(7)8/h3*4H,1-3,7H2,(H,11,12)(H4,8,9,10);3*3H,1-2,6H2,(H,7,8)(H,9,10)/t3*4-;3*3-/m000000/s1. The van der Waals surface area contributed by atoms with Gasteiger partial charge in [-0.15, -0.1) is 0 Å². The number of guanidine groups is 3. The van der Waals surface area contributed by atoms with Crippen LogP contribution in [-0.4, -0.2) is 173 Å². The summed E-state index contributed by atoms with van der Waals surface area (Å²) in [5, 5.41) is 74.0. The SMILES string of the molecule is NC(N)=NCCC[C@H](N)C(=O)O.NC(N)=NCCC[C@H](N)C(=O)O.NC(N)=NCCC[C@H](N)C(=O)O.N[C@@H](CCC(=O)O)C(=O)O.N[C@@H](CCC(=O)O)C(=O)O.N[C@@H](CCC(=O)O)C(=O)O. The number of hydrogen-bond donors (Lipinski definition) is 21. The highest BCUT2D eigenvalue weighted by Crippen LogP contribution is 1.97. The Morgan fingerprint density at radius 3 is 0.576 bits per heavy atom. The predicted octanol–water partition coefficient (Wildman–Crippen LogP) is -6.85. The molecule has 0 fully saturated rings. The maximum atomic E-state index is 10.2. The molecule has 33 nitrogen and oxygen atoms in total. The molecule has 0 spiro atoms. The molecular formula is C33H69N15O18. The van der Waals surface area contributed by atoms with E-state index in [1.165, 1.54) is 0 Å². The van der Waals surface area contributed by atoms with Gasteiger partial charge in [0.2, 0.25) is 0 Å². The molecule has 66 heavy (non-hydrogen) atoms. The Hall–Kier alpha value is -7.20. The van der Waals surface area contributed by atoms with Gasteiger partial charge in [0, 0.05) is 38.9 Å². The monoisotopic (exact) mass is 963 g/mol. The van der Waals surface area contributed by atoms with Crippen molar-refractivity contribution in [2.24, 2.45) is 83.8 Å². The summed E-state index contributed by atoms with van der Waals surface area (Å²) >= 11 is 0. The van der Waals surface area contributed by atoms with Crippen molar-refractivity contribution in [3.05, 3.63) is 0 Å². The van der Waals surface area contributed by atoms with Gasteiger partial charge in [0.25, 0.3) is 0 Å². The highest BCUT2D eigenvalue weighted by atomic mass is 16.4. The van der Waals surface area contributed by atoms with Crippen LogP contribution in [0.25, 0.3) is 0 Å². The first-order chi connectivity index (χ1) is 30.2. The summed E-state index contributed by atoms with van der Waals surface area (Å²) in [6.07, 6.45) is 2.20. The lowest BCUT2D eigenvalue weighted by atomic mass is 10.2. The maximum absolute atomic E-state index is 10.2. The fraction of sp³-hybridized carbons (Fsp3) is 0.636. The lowest BCUT2D eigenvalue weighted by Crippen LogP contribution is -2.30. The van der Waals surface area contributed by atoms with Gasteiger partial charge in [0.05, 0.1) is 0 Å². The largest absolute Gasteiger partial charge is 0.481 e. The van der Waals surface area contributed by atoms with Gasteiger partial charge in [0.15, 0.2) is 17.9 Å². The average Bonchev–Trinajstić information content (AvgIpc) is 3.20. The Kier molecular flexibility index (Phi) is 47.4. The number of carbonyl (C=O) groups is 9. The number of nitrogens with two attached hydrogens (primary N) is 12. The zero-order chi connectivity index (χ0) is 53.1. The molecule has 0 radical (unpaired) electrons. The second-order valence-electron chi connectivity index (χ2n) is 12.8. The fourth-order valence-corrected chi connectivity index (χ4v) is 3.14. The highest BCUT2D eigenvalue weighted by molar-refractivity contribution is 5.78. The van der Waals surface area contributed by atoms with E-state index in [-0.39, 0.29) is 56.4 Å². The summed E-state index contributed by atoms with van der Waals surface area (Å²) in [5.74, 6) is -9.55. The van der Waals surface area contributed by atoms with Crippen LogP contribution in [0.3, 0.4) is 0 Å². The summed E-state index contributed by atoms with van der Waals surface area (Å²) in [7, 11) is 0. The number of hydrogen-bond acceptors (Lipinski definition) is 18. The number of aliphatic imine (C=N–C) groups is 3. The van der Waals surface area contributed by atoms with Crippen LogP contribution in [0.2, 0.25) is 0 Å². The van der Waals surface area contributed by atoms with Crippen molar-refractivity contribution in [3.63, 3.8) is 0 Å². The second kappa shape index (κ2) is 44.4. The van der Waals surface area contributed by atoms with Crippen LogP contribution in [0, 0.1) is 0 Å². The van der Waals surface area contributed by atoms with E-state index in [4.69, 9.17) is 115 Å². The van der Waals surface area contributed by atoms with Crippen LogP contribution in [-0.2, 0) is 43.2 Å². The van der Waals surface area contributed by atoms with Gasteiger partial charge >= 0.3 is 53.7 Å². The van der Waals surface area contributed by atoms with Crippen molar-refractivity contribution in [2.45, 2.75) is 113 Å². The normalized spacial score (nSPS) is 12.3. The van der Waals surface area contributed by atoms with E-state index in [2.05, 4.69) is 15.0 Å².